The van der Waals surface area contributed by atoms with E-state index in [1.807, 2.05) is 6.07 Å². The molecular weight excluding hydrogens is 944 g/mol. The smallest absolute Gasteiger partial charge is 0.252 e. The van der Waals surface area contributed by atoms with Gasteiger partial charge in [0, 0.05) is 55.9 Å². The molecule has 2 aliphatic rings. The fraction of sp³-hybridized carbons (Fsp3) is 0. The number of benzene rings is 12. The van der Waals surface area contributed by atoms with Gasteiger partial charge in [0.2, 0.25) is 0 Å². The summed E-state index contributed by atoms with van der Waals surface area (Å²) < 4.78 is 2.45. The van der Waals surface area contributed by atoms with E-state index in [1.54, 1.807) is 0 Å². The summed E-state index contributed by atoms with van der Waals surface area (Å²) in [6.07, 6.45) is 0. The highest BCUT2D eigenvalue weighted by Gasteiger charge is 2.45. The van der Waals surface area contributed by atoms with Gasteiger partial charge in [-0.3, -0.25) is 0 Å². The number of nitrogens with zero attached hydrogens (tertiary/aromatic N) is 4. The van der Waals surface area contributed by atoms with Crippen molar-refractivity contribution in [3.8, 4) is 67.4 Å². The maximum Gasteiger partial charge on any atom is 0.252 e. The van der Waals surface area contributed by atoms with Crippen LogP contribution in [-0.4, -0.2) is 11.3 Å². The number of rotatable bonds is 8. The Morgan fingerprint density at radius 3 is 1.38 bits per heavy atom. The molecule has 0 amide bonds. The molecule has 5 heteroatoms. The third kappa shape index (κ3) is 7.23. The van der Waals surface area contributed by atoms with Crippen molar-refractivity contribution in [2.45, 2.75) is 0 Å². The van der Waals surface area contributed by atoms with E-state index < -0.39 is 0 Å². The summed E-state index contributed by atoms with van der Waals surface area (Å²) in [6, 6.07) is 106. The average molecular weight is 991 g/mol. The molecule has 13 aromatic rings. The molecule has 4 nitrogen and oxygen atoms in total. The first-order valence-corrected chi connectivity index (χ1v) is 26.7. The van der Waals surface area contributed by atoms with Crippen molar-refractivity contribution in [1.29, 1.82) is 5.26 Å². The normalized spacial score (nSPS) is 12.3. The van der Waals surface area contributed by atoms with Crippen LogP contribution in [0.5, 0.6) is 0 Å². The van der Waals surface area contributed by atoms with Crippen molar-refractivity contribution in [3.63, 3.8) is 0 Å². The van der Waals surface area contributed by atoms with Crippen LogP contribution in [0.3, 0.4) is 0 Å². The molecular formula is C73H47BN4. The molecule has 0 N–H and O–H groups in total. The predicted octanol–water partition coefficient (Wildman–Crippen LogP) is 17.1. The van der Waals surface area contributed by atoms with Gasteiger partial charge in [-0.2, -0.15) is 5.26 Å². The van der Waals surface area contributed by atoms with Crippen LogP contribution in [-0.2, 0) is 0 Å². The van der Waals surface area contributed by atoms with Crippen molar-refractivity contribution in [3.05, 3.63) is 291 Å². The van der Waals surface area contributed by atoms with E-state index in [9.17, 15) is 5.26 Å². The molecule has 0 saturated heterocycles. The zero-order valence-electron chi connectivity index (χ0n) is 42.5. The van der Waals surface area contributed by atoms with Crippen LogP contribution in [0.15, 0.2) is 285 Å². The SMILES string of the molecule is N#Cc1ccc(N2c3ccc(-c4ccccc4)cc3B3c4ccc(-n5c6ccccc6c6ccccc65)cc4N(c4c(-c5ccccc5)cccc4-c4ccccc4)c4cc(-c5ccccc5)cc2c43)c(-c2ccccc2)c1. The van der Waals surface area contributed by atoms with Crippen LogP contribution in [0.2, 0.25) is 0 Å². The van der Waals surface area contributed by atoms with E-state index in [-0.39, 0.29) is 6.71 Å². The summed E-state index contributed by atoms with van der Waals surface area (Å²) >= 11 is 0. The molecule has 0 aliphatic carbocycles. The number of anilines is 6. The number of nitriles is 1. The Balaban J connectivity index is 1.12. The molecule has 3 heterocycles. The maximum absolute atomic E-state index is 10.5. The molecule has 0 unspecified atom stereocenters. The third-order valence-corrected chi connectivity index (χ3v) is 16.0. The van der Waals surface area contributed by atoms with Gasteiger partial charge in [-0.15, -0.1) is 0 Å². The lowest BCUT2D eigenvalue weighted by atomic mass is 9.33. The molecule has 0 radical (unpaired) electrons. The van der Waals surface area contributed by atoms with Crippen LogP contribution >= 0.6 is 0 Å². The minimum absolute atomic E-state index is 0.198. The average Bonchev–Trinajstić information content (AvgIpc) is 3.40. The van der Waals surface area contributed by atoms with E-state index in [0.717, 1.165) is 106 Å². The van der Waals surface area contributed by atoms with Crippen molar-refractivity contribution < 1.29 is 0 Å². The van der Waals surface area contributed by atoms with Crippen LogP contribution in [0, 0.1) is 11.3 Å². The van der Waals surface area contributed by atoms with Crippen molar-refractivity contribution >= 4 is 79.0 Å². The van der Waals surface area contributed by atoms with Crippen molar-refractivity contribution in [2.24, 2.45) is 0 Å². The largest absolute Gasteiger partial charge is 0.311 e. The monoisotopic (exact) mass is 990 g/mol. The van der Waals surface area contributed by atoms with E-state index in [1.165, 1.54) is 27.2 Å². The molecule has 12 aromatic carbocycles. The summed E-state index contributed by atoms with van der Waals surface area (Å²) in [5.74, 6) is 0. The zero-order chi connectivity index (χ0) is 51.7. The summed E-state index contributed by atoms with van der Waals surface area (Å²) in [5.41, 5.74) is 25.1. The maximum atomic E-state index is 10.5. The van der Waals surface area contributed by atoms with Crippen LogP contribution in [0.4, 0.5) is 34.1 Å². The van der Waals surface area contributed by atoms with Gasteiger partial charge in [0.15, 0.2) is 0 Å². The Bertz CT molecular complexity index is 4400. The molecule has 0 saturated carbocycles. The van der Waals surface area contributed by atoms with Gasteiger partial charge >= 0.3 is 0 Å². The zero-order valence-corrected chi connectivity index (χ0v) is 42.5. The van der Waals surface area contributed by atoms with Crippen molar-refractivity contribution in [1.82, 2.24) is 4.57 Å². The third-order valence-electron chi connectivity index (χ3n) is 16.0. The topological polar surface area (TPSA) is 35.2 Å². The second-order valence-electron chi connectivity index (χ2n) is 20.3. The molecule has 1 aromatic heterocycles. The van der Waals surface area contributed by atoms with E-state index in [2.05, 4.69) is 299 Å². The molecule has 15 rings (SSSR count). The Hall–Kier alpha value is -10.4. The van der Waals surface area contributed by atoms with Gasteiger partial charge in [0.1, 0.15) is 0 Å². The standard InChI is InChI=1S/C73H47BN4/c75-48-49-37-41-67(62(43-49)54-29-14-5-15-30-54)77-68-42-38-55(50-21-6-1-7-22-50)44-64(68)74-63-40-39-57(76-65-35-18-16-31-60(65)61-32-17-19-36-66(61)76)47-69(63)78(71-46-56(45-70(77)72(71)74)51-23-8-2-9-24-51)73-58(52-25-10-3-11-26-52)33-20-34-59(73)53-27-12-4-13-28-53/h1-47H. The number of para-hydroxylation sites is 3. The molecule has 78 heavy (non-hydrogen) atoms. The summed E-state index contributed by atoms with van der Waals surface area (Å²) in [5, 5.41) is 12.9. The lowest BCUT2D eigenvalue weighted by molar-refractivity contribution is 1.17. The fourth-order valence-electron chi connectivity index (χ4n) is 12.6. The number of aromatic nitrogens is 1. The first kappa shape index (κ1) is 45.0. The second kappa shape index (κ2) is 18.5. The first-order chi connectivity index (χ1) is 38.7. The number of hydrogen-bond acceptors (Lipinski definition) is 3. The van der Waals surface area contributed by atoms with E-state index in [0.29, 0.717) is 5.56 Å². The minimum Gasteiger partial charge on any atom is -0.311 e. The highest BCUT2D eigenvalue weighted by atomic mass is 15.2. The van der Waals surface area contributed by atoms with Crippen LogP contribution < -0.4 is 26.2 Å². The van der Waals surface area contributed by atoms with Gasteiger partial charge in [0.25, 0.3) is 6.71 Å². The molecule has 0 bridgehead atoms. The van der Waals surface area contributed by atoms with Gasteiger partial charge in [0.05, 0.1) is 34.0 Å². The Morgan fingerprint density at radius 2 is 0.808 bits per heavy atom. The van der Waals surface area contributed by atoms with Crippen LogP contribution in [0.1, 0.15) is 5.56 Å². The summed E-state index contributed by atoms with van der Waals surface area (Å²) in [6.45, 7) is -0.198. The molecule has 0 spiro atoms. The highest BCUT2D eigenvalue weighted by Crippen LogP contribution is 2.52. The predicted molar refractivity (Wildman–Crippen MR) is 327 cm³/mol. The molecule has 362 valence electrons. The Kier molecular flexibility index (Phi) is 10.7. The second-order valence-corrected chi connectivity index (χ2v) is 20.3. The van der Waals surface area contributed by atoms with Crippen LogP contribution in [0.25, 0.3) is 83.1 Å². The number of fused-ring (bicyclic) bond motifs is 7. The quantitative estimate of drug-likeness (QED) is 0.142. The summed E-state index contributed by atoms with van der Waals surface area (Å²) in [7, 11) is 0. The lowest BCUT2D eigenvalue weighted by Gasteiger charge is -2.45. The van der Waals surface area contributed by atoms with Gasteiger partial charge in [-0.25, -0.2) is 0 Å². The Labute approximate surface area is 454 Å². The first-order valence-electron chi connectivity index (χ1n) is 26.7. The van der Waals surface area contributed by atoms with E-state index >= 15 is 0 Å². The van der Waals surface area contributed by atoms with Gasteiger partial charge in [-0.1, -0.05) is 224 Å². The summed E-state index contributed by atoms with van der Waals surface area (Å²) in [4.78, 5) is 5.10. The number of hydrogen-bond donors (Lipinski definition) is 0. The molecule has 0 fully saturated rings. The Morgan fingerprint density at radius 1 is 0.308 bits per heavy atom. The fourth-order valence-corrected chi connectivity index (χ4v) is 12.6. The van der Waals surface area contributed by atoms with Gasteiger partial charge in [-0.05, 0) is 116 Å². The molecule has 2 aliphatic heterocycles. The molecule has 0 atom stereocenters. The minimum atomic E-state index is -0.198. The van der Waals surface area contributed by atoms with Gasteiger partial charge < -0.3 is 14.4 Å². The highest BCUT2D eigenvalue weighted by molar-refractivity contribution is 7.00. The van der Waals surface area contributed by atoms with E-state index in [4.69, 9.17) is 0 Å². The lowest BCUT2D eigenvalue weighted by Crippen LogP contribution is -2.61. The van der Waals surface area contributed by atoms with Crippen molar-refractivity contribution in [2.75, 3.05) is 9.80 Å².